The summed E-state index contributed by atoms with van der Waals surface area (Å²) in [6.07, 6.45) is 0. The third-order valence-electron chi connectivity index (χ3n) is 5.37. The second-order valence-electron chi connectivity index (χ2n) is 6.42. The topological polar surface area (TPSA) is 59.5 Å². The smallest absolute Gasteiger partial charge is 0.404 e. The minimum Gasteiger partial charge on any atom is -0.870 e. The van der Waals surface area contributed by atoms with Gasteiger partial charge in [0.05, 0.1) is 26.2 Å². The van der Waals surface area contributed by atoms with Crippen molar-refractivity contribution in [3.05, 3.63) is 60.7 Å². The lowest BCUT2D eigenvalue weighted by Crippen LogP contribution is -2.61. The Bertz CT molecular complexity index is 546. The molecule has 152 valence electrons. The zero-order valence-corrected chi connectivity index (χ0v) is 18.6. The summed E-state index contributed by atoms with van der Waals surface area (Å²) >= 11 is 0. The van der Waals surface area contributed by atoms with E-state index in [2.05, 4.69) is 27.7 Å². The Labute approximate surface area is 166 Å². The van der Waals surface area contributed by atoms with E-state index in [1.165, 1.54) is 30.7 Å². The quantitative estimate of drug-likeness (QED) is 0.556. The van der Waals surface area contributed by atoms with Crippen molar-refractivity contribution in [2.24, 2.45) is 0 Å². The predicted molar refractivity (Wildman–Crippen MR) is 116 cm³/mol. The minimum absolute atomic E-state index is 0. The van der Waals surface area contributed by atoms with Crippen LogP contribution in [0, 0.1) is 0 Å². The molecule has 0 aliphatic rings. The predicted octanol–water partition coefficient (Wildman–Crippen LogP) is 2.98. The van der Waals surface area contributed by atoms with Crippen molar-refractivity contribution >= 4 is 18.9 Å². The van der Waals surface area contributed by atoms with Gasteiger partial charge in [0.25, 0.3) is 0 Å². The molecule has 27 heavy (non-hydrogen) atoms. The SMILES string of the molecule is CCO[Si](O)(c1ccccc1)c1ccccc1.CC[N+](CC)(CC)CC.[OH-]. The van der Waals surface area contributed by atoms with E-state index in [-0.39, 0.29) is 5.48 Å². The lowest BCUT2D eigenvalue weighted by Gasteiger charge is -2.34. The molecule has 0 atom stereocenters. The van der Waals surface area contributed by atoms with Crippen LogP contribution in [0.2, 0.25) is 0 Å². The van der Waals surface area contributed by atoms with E-state index in [9.17, 15) is 4.80 Å². The normalized spacial score (nSPS) is 11.2. The van der Waals surface area contributed by atoms with Crippen LogP contribution in [0.25, 0.3) is 0 Å². The van der Waals surface area contributed by atoms with E-state index in [0.717, 1.165) is 10.4 Å². The molecule has 0 radical (unpaired) electrons. The molecule has 2 aromatic carbocycles. The number of benzene rings is 2. The molecule has 0 unspecified atom stereocenters. The molecule has 2 aromatic rings. The zero-order valence-electron chi connectivity index (χ0n) is 17.6. The highest BCUT2D eigenvalue weighted by Gasteiger charge is 2.38. The van der Waals surface area contributed by atoms with Crippen molar-refractivity contribution < 1.29 is 19.2 Å². The number of nitrogens with zero attached hydrogens (tertiary/aromatic N) is 1. The van der Waals surface area contributed by atoms with Crippen LogP contribution in [0.3, 0.4) is 0 Å². The van der Waals surface area contributed by atoms with Crippen molar-refractivity contribution in [3.8, 4) is 0 Å². The van der Waals surface area contributed by atoms with E-state index >= 15 is 0 Å². The highest BCUT2D eigenvalue weighted by Crippen LogP contribution is 2.04. The molecular formula is C22H37NO3Si. The first-order valence-electron chi connectivity index (χ1n) is 9.84. The molecule has 0 aliphatic carbocycles. The van der Waals surface area contributed by atoms with Crippen molar-refractivity contribution in [3.63, 3.8) is 0 Å². The van der Waals surface area contributed by atoms with Crippen LogP contribution in [0.15, 0.2) is 60.7 Å². The summed E-state index contributed by atoms with van der Waals surface area (Å²) in [5.41, 5.74) is 0. The van der Waals surface area contributed by atoms with Crippen LogP contribution < -0.4 is 10.4 Å². The molecule has 0 saturated carbocycles. The minimum atomic E-state index is -3.00. The van der Waals surface area contributed by atoms with Crippen LogP contribution in [0.5, 0.6) is 0 Å². The van der Waals surface area contributed by atoms with E-state index in [4.69, 9.17) is 4.43 Å². The van der Waals surface area contributed by atoms with Gasteiger partial charge >= 0.3 is 8.56 Å². The maximum Gasteiger partial charge on any atom is 0.404 e. The summed E-state index contributed by atoms with van der Waals surface area (Å²) in [4.78, 5) is 10.9. The first kappa shape index (κ1) is 25.5. The van der Waals surface area contributed by atoms with Crippen LogP contribution in [0.4, 0.5) is 0 Å². The van der Waals surface area contributed by atoms with E-state index in [1.807, 2.05) is 67.6 Å². The van der Waals surface area contributed by atoms with Gasteiger partial charge in [0.15, 0.2) is 0 Å². The standard InChI is InChI=1S/C14H16O2Si.C8H20N.H2O/c1-2-16-17(15,13-9-5-3-6-10-13)14-11-7-4-8-12-14;1-5-9(6-2,7-3)8-4;/h3-12,15H,2H2,1H3;5-8H2,1-4H3;1H2/q;+1;/p-1. The molecule has 0 spiro atoms. The van der Waals surface area contributed by atoms with Gasteiger partial charge in [-0.15, -0.1) is 0 Å². The Morgan fingerprint density at radius 2 is 1.04 bits per heavy atom. The first-order valence-corrected chi connectivity index (χ1v) is 11.7. The molecule has 4 nitrogen and oxygen atoms in total. The second-order valence-corrected chi connectivity index (χ2v) is 9.15. The van der Waals surface area contributed by atoms with Gasteiger partial charge in [0, 0.05) is 6.61 Å². The Balaban J connectivity index is 0.000000584. The molecule has 0 saturated heterocycles. The summed E-state index contributed by atoms with van der Waals surface area (Å²) in [5, 5.41) is 1.76. The fourth-order valence-electron chi connectivity index (χ4n) is 3.21. The van der Waals surface area contributed by atoms with Crippen LogP contribution in [-0.4, -0.2) is 56.1 Å². The Hall–Kier alpha value is -1.50. The molecule has 0 aliphatic heterocycles. The molecule has 2 N–H and O–H groups in total. The Morgan fingerprint density at radius 3 is 1.26 bits per heavy atom. The van der Waals surface area contributed by atoms with E-state index in [1.54, 1.807) is 0 Å². The highest BCUT2D eigenvalue weighted by molar-refractivity contribution is 6.91. The third kappa shape index (κ3) is 6.87. The summed E-state index contributed by atoms with van der Waals surface area (Å²) in [5.74, 6) is 0. The molecule has 0 fully saturated rings. The van der Waals surface area contributed by atoms with Crippen LogP contribution in [-0.2, 0) is 4.43 Å². The number of hydrogen-bond donors (Lipinski definition) is 1. The maximum atomic E-state index is 10.9. The molecule has 0 heterocycles. The van der Waals surface area contributed by atoms with Crippen molar-refractivity contribution in [1.82, 2.24) is 0 Å². The lowest BCUT2D eigenvalue weighted by molar-refractivity contribution is -0.921. The highest BCUT2D eigenvalue weighted by atomic mass is 28.4. The van der Waals surface area contributed by atoms with Crippen LogP contribution >= 0.6 is 0 Å². The third-order valence-corrected chi connectivity index (χ3v) is 8.30. The number of rotatable bonds is 8. The average molecular weight is 392 g/mol. The molecule has 0 bridgehead atoms. The average Bonchev–Trinajstić information content (AvgIpc) is 2.72. The Morgan fingerprint density at radius 1 is 0.704 bits per heavy atom. The largest absolute Gasteiger partial charge is 0.870 e. The van der Waals surface area contributed by atoms with Gasteiger partial charge in [-0.2, -0.15) is 0 Å². The summed E-state index contributed by atoms with van der Waals surface area (Å²) in [6.45, 7) is 16.6. The monoisotopic (exact) mass is 391 g/mol. The van der Waals surface area contributed by atoms with Crippen molar-refractivity contribution in [2.75, 3.05) is 32.8 Å². The first-order chi connectivity index (χ1) is 12.5. The molecule has 0 aromatic heterocycles. The van der Waals surface area contributed by atoms with Gasteiger partial charge in [0.1, 0.15) is 0 Å². The van der Waals surface area contributed by atoms with Gasteiger partial charge in [-0.3, -0.25) is 0 Å². The molecule has 5 heteroatoms. The maximum absolute atomic E-state index is 10.9. The van der Waals surface area contributed by atoms with E-state index in [0.29, 0.717) is 6.61 Å². The zero-order chi connectivity index (χ0) is 19.5. The fraction of sp³-hybridized carbons (Fsp3) is 0.455. The summed E-state index contributed by atoms with van der Waals surface area (Å²) < 4.78 is 6.97. The molecular weight excluding hydrogens is 354 g/mol. The fourth-order valence-corrected chi connectivity index (χ4v) is 5.58. The summed E-state index contributed by atoms with van der Waals surface area (Å²) in [6, 6.07) is 19.3. The van der Waals surface area contributed by atoms with Gasteiger partial charge in [-0.25, -0.2) is 0 Å². The number of quaternary nitrogens is 1. The van der Waals surface area contributed by atoms with Gasteiger partial charge in [-0.1, -0.05) is 60.7 Å². The molecule has 0 amide bonds. The summed E-state index contributed by atoms with van der Waals surface area (Å²) in [7, 11) is -3.00. The molecule has 2 rings (SSSR count). The van der Waals surface area contributed by atoms with E-state index < -0.39 is 8.56 Å². The lowest BCUT2D eigenvalue weighted by atomic mass is 10.3. The second kappa shape index (κ2) is 12.8. The van der Waals surface area contributed by atoms with Crippen molar-refractivity contribution in [2.45, 2.75) is 34.6 Å². The van der Waals surface area contributed by atoms with Gasteiger partial charge < -0.3 is 19.2 Å². The van der Waals surface area contributed by atoms with Gasteiger partial charge in [0.2, 0.25) is 0 Å². The van der Waals surface area contributed by atoms with Gasteiger partial charge in [-0.05, 0) is 45.0 Å². The Kier molecular flexibility index (Phi) is 12.1. The number of hydrogen-bond acceptors (Lipinski definition) is 3. The van der Waals surface area contributed by atoms with Crippen LogP contribution in [0.1, 0.15) is 34.6 Å². The van der Waals surface area contributed by atoms with Crippen molar-refractivity contribution in [1.29, 1.82) is 0 Å².